The minimum atomic E-state index is 0.180. The van der Waals surface area contributed by atoms with Crippen LogP contribution in [-0.4, -0.2) is 36.3 Å². The number of rotatable bonds is 4. The number of thiophene rings is 1. The maximum Gasteiger partial charge on any atom is 0.158 e. The fraction of sp³-hybridized carbons (Fsp3) is 0.571. The summed E-state index contributed by atoms with van der Waals surface area (Å²) in [7, 11) is 1.89. The summed E-state index contributed by atoms with van der Waals surface area (Å²) in [6.45, 7) is 6.14. The number of aryl methyl sites for hydroxylation is 2. The number of nitrogens with one attached hydrogen (secondary N) is 1. The van der Waals surface area contributed by atoms with E-state index in [1.54, 1.807) is 11.3 Å². The summed E-state index contributed by atoms with van der Waals surface area (Å²) in [6, 6.07) is 0. The summed E-state index contributed by atoms with van der Waals surface area (Å²) < 4.78 is 11.1. The van der Waals surface area contributed by atoms with Gasteiger partial charge in [0, 0.05) is 18.5 Å². The highest BCUT2D eigenvalue weighted by Gasteiger charge is 2.18. The number of anilines is 1. The van der Waals surface area contributed by atoms with Gasteiger partial charge in [-0.15, -0.1) is 11.3 Å². The van der Waals surface area contributed by atoms with Crippen LogP contribution in [0.4, 0.5) is 5.82 Å². The first kappa shape index (κ1) is 13.7. The van der Waals surface area contributed by atoms with Crippen molar-refractivity contribution in [2.24, 2.45) is 0 Å². The van der Waals surface area contributed by atoms with Crippen LogP contribution >= 0.6 is 11.3 Å². The topological polar surface area (TPSA) is 56.3 Å². The van der Waals surface area contributed by atoms with Crippen LogP contribution in [-0.2, 0) is 16.1 Å². The molecule has 1 aliphatic rings. The van der Waals surface area contributed by atoms with Gasteiger partial charge in [0.1, 0.15) is 17.3 Å². The van der Waals surface area contributed by atoms with E-state index in [2.05, 4.69) is 29.1 Å². The number of fused-ring (bicyclic) bond motifs is 1. The van der Waals surface area contributed by atoms with Gasteiger partial charge in [-0.05, 0) is 25.8 Å². The Morgan fingerprint density at radius 3 is 2.95 bits per heavy atom. The van der Waals surface area contributed by atoms with Crippen molar-refractivity contribution in [3.63, 3.8) is 0 Å². The Bertz CT molecular complexity index is 620. The molecule has 0 radical (unpaired) electrons. The zero-order valence-electron chi connectivity index (χ0n) is 12.0. The van der Waals surface area contributed by atoms with Crippen LogP contribution in [0.1, 0.15) is 22.7 Å². The molecule has 0 spiro atoms. The first-order chi connectivity index (χ1) is 9.69. The number of hydrogen-bond donors (Lipinski definition) is 1. The quantitative estimate of drug-likeness (QED) is 0.939. The highest BCUT2D eigenvalue weighted by atomic mass is 32.1. The number of hydrogen-bond acceptors (Lipinski definition) is 6. The van der Waals surface area contributed by atoms with Crippen molar-refractivity contribution < 1.29 is 9.47 Å². The lowest BCUT2D eigenvalue weighted by atomic mass is 10.2. The van der Waals surface area contributed by atoms with Gasteiger partial charge in [-0.2, -0.15) is 0 Å². The minimum absolute atomic E-state index is 0.180. The SMILES string of the molecule is CNc1nc(COC2CCOC2)nc2sc(C)c(C)c12. The maximum atomic E-state index is 5.80. The van der Waals surface area contributed by atoms with Crippen LogP contribution in [0.15, 0.2) is 0 Å². The van der Waals surface area contributed by atoms with Gasteiger partial charge in [-0.3, -0.25) is 0 Å². The average Bonchev–Trinajstić information content (AvgIpc) is 3.05. The van der Waals surface area contributed by atoms with E-state index in [9.17, 15) is 0 Å². The van der Waals surface area contributed by atoms with Gasteiger partial charge in [-0.1, -0.05) is 0 Å². The number of aromatic nitrogens is 2. The third kappa shape index (κ3) is 2.51. The standard InChI is InChI=1S/C14H19N3O2S/c1-8-9(2)20-14-12(8)13(15-3)16-11(17-14)7-19-10-4-5-18-6-10/h10H,4-7H2,1-3H3,(H,15,16,17). The van der Waals surface area contributed by atoms with Gasteiger partial charge in [-0.25, -0.2) is 9.97 Å². The van der Waals surface area contributed by atoms with Gasteiger partial charge in [0.2, 0.25) is 0 Å². The molecule has 1 atom stereocenters. The van der Waals surface area contributed by atoms with Gasteiger partial charge in [0.15, 0.2) is 5.82 Å². The molecule has 6 heteroatoms. The molecule has 3 heterocycles. The molecule has 5 nitrogen and oxygen atoms in total. The number of nitrogens with zero attached hydrogens (tertiary/aromatic N) is 2. The zero-order valence-corrected chi connectivity index (χ0v) is 12.8. The molecule has 2 aromatic rings. The number of ether oxygens (including phenoxy) is 2. The van der Waals surface area contributed by atoms with Crippen LogP contribution in [0, 0.1) is 13.8 Å². The van der Waals surface area contributed by atoms with E-state index >= 15 is 0 Å². The molecule has 0 bridgehead atoms. The summed E-state index contributed by atoms with van der Waals surface area (Å²) in [5.74, 6) is 1.62. The van der Waals surface area contributed by atoms with Crippen molar-refractivity contribution in [1.29, 1.82) is 0 Å². The van der Waals surface area contributed by atoms with Gasteiger partial charge < -0.3 is 14.8 Å². The molecule has 1 N–H and O–H groups in total. The summed E-state index contributed by atoms with van der Waals surface area (Å²) in [5.41, 5.74) is 1.26. The van der Waals surface area contributed by atoms with Gasteiger partial charge in [0.25, 0.3) is 0 Å². The first-order valence-corrected chi connectivity index (χ1v) is 7.64. The second kappa shape index (κ2) is 5.63. The average molecular weight is 293 g/mol. The summed E-state index contributed by atoms with van der Waals surface area (Å²) in [6.07, 6.45) is 1.14. The molecule has 0 saturated carbocycles. The molecule has 1 saturated heterocycles. The third-order valence-electron chi connectivity index (χ3n) is 3.65. The van der Waals surface area contributed by atoms with Crippen molar-refractivity contribution in [2.45, 2.75) is 33.0 Å². The van der Waals surface area contributed by atoms with Crippen LogP contribution < -0.4 is 5.32 Å². The molecule has 3 rings (SSSR count). The fourth-order valence-corrected chi connectivity index (χ4v) is 3.42. The zero-order chi connectivity index (χ0) is 14.1. The van der Waals surface area contributed by atoms with Crippen molar-refractivity contribution in [2.75, 3.05) is 25.6 Å². The normalized spacial score (nSPS) is 18.9. The van der Waals surface area contributed by atoms with Crippen LogP contribution in [0.3, 0.4) is 0 Å². The highest BCUT2D eigenvalue weighted by molar-refractivity contribution is 7.18. The Kier molecular flexibility index (Phi) is 3.87. The third-order valence-corrected chi connectivity index (χ3v) is 4.75. The molecule has 1 fully saturated rings. The minimum Gasteiger partial charge on any atom is -0.379 e. The predicted molar refractivity (Wildman–Crippen MR) is 80.4 cm³/mol. The molecule has 2 aromatic heterocycles. The fourth-order valence-electron chi connectivity index (χ4n) is 2.38. The molecule has 0 amide bonds. The van der Waals surface area contributed by atoms with Crippen LogP contribution in [0.2, 0.25) is 0 Å². The molecule has 0 aromatic carbocycles. The summed E-state index contributed by atoms with van der Waals surface area (Å²) >= 11 is 1.71. The Labute approximate surface area is 122 Å². The molecule has 1 aliphatic heterocycles. The molecule has 1 unspecified atom stereocenters. The van der Waals surface area contributed by atoms with Gasteiger partial charge in [0.05, 0.1) is 18.1 Å². The summed E-state index contributed by atoms with van der Waals surface area (Å²) in [4.78, 5) is 11.5. The van der Waals surface area contributed by atoms with E-state index in [-0.39, 0.29) is 6.10 Å². The second-order valence-corrected chi connectivity index (χ2v) is 6.20. The Morgan fingerprint density at radius 1 is 1.40 bits per heavy atom. The van der Waals surface area contributed by atoms with E-state index in [0.717, 1.165) is 34.9 Å². The largest absolute Gasteiger partial charge is 0.379 e. The Balaban J connectivity index is 1.87. The molecule has 108 valence electrons. The summed E-state index contributed by atoms with van der Waals surface area (Å²) in [5, 5.41) is 4.30. The highest BCUT2D eigenvalue weighted by Crippen LogP contribution is 2.33. The van der Waals surface area contributed by atoms with Crippen molar-refractivity contribution in [3.05, 3.63) is 16.3 Å². The Hall–Kier alpha value is -1.24. The van der Waals surface area contributed by atoms with Crippen LogP contribution in [0.25, 0.3) is 10.2 Å². The van der Waals surface area contributed by atoms with E-state index in [1.807, 2.05) is 7.05 Å². The monoisotopic (exact) mass is 293 g/mol. The first-order valence-electron chi connectivity index (χ1n) is 6.82. The second-order valence-electron chi connectivity index (χ2n) is 5.00. The van der Waals surface area contributed by atoms with Crippen LogP contribution in [0.5, 0.6) is 0 Å². The van der Waals surface area contributed by atoms with Crippen molar-refractivity contribution in [3.8, 4) is 0 Å². The van der Waals surface area contributed by atoms with E-state index in [0.29, 0.717) is 13.2 Å². The van der Waals surface area contributed by atoms with Gasteiger partial charge >= 0.3 is 0 Å². The van der Waals surface area contributed by atoms with Crippen molar-refractivity contribution in [1.82, 2.24) is 9.97 Å². The van der Waals surface area contributed by atoms with E-state index in [4.69, 9.17) is 9.47 Å². The lowest BCUT2D eigenvalue weighted by Gasteiger charge is -2.10. The molecular formula is C14H19N3O2S. The maximum absolute atomic E-state index is 5.80. The molecule has 20 heavy (non-hydrogen) atoms. The molecule has 0 aliphatic carbocycles. The molecular weight excluding hydrogens is 274 g/mol. The lowest BCUT2D eigenvalue weighted by Crippen LogP contribution is -2.13. The van der Waals surface area contributed by atoms with E-state index < -0.39 is 0 Å². The van der Waals surface area contributed by atoms with E-state index in [1.165, 1.54) is 10.4 Å². The van der Waals surface area contributed by atoms with Crippen molar-refractivity contribution >= 4 is 27.4 Å². The predicted octanol–water partition coefficient (Wildman–Crippen LogP) is 2.66. The smallest absolute Gasteiger partial charge is 0.158 e. The Morgan fingerprint density at radius 2 is 2.25 bits per heavy atom. The lowest BCUT2D eigenvalue weighted by molar-refractivity contribution is 0.0286.